The summed E-state index contributed by atoms with van der Waals surface area (Å²) < 4.78 is 0. The molecule has 0 saturated heterocycles. The molecule has 0 aliphatic heterocycles. The lowest BCUT2D eigenvalue weighted by Crippen LogP contribution is -2.57. The van der Waals surface area contributed by atoms with Crippen LogP contribution in [0, 0.1) is 11.8 Å². The maximum atomic E-state index is 12.8. The number of carbonyl (C=O) groups excluding carboxylic acids is 3. The van der Waals surface area contributed by atoms with Crippen LogP contribution in [-0.4, -0.2) is 35.0 Å². The number of nitrogens with one attached hydrogen (secondary N) is 3. The van der Waals surface area contributed by atoms with Gasteiger partial charge in [-0.1, -0.05) is 67.3 Å². The molecule has 0 aromatic heterocycles. The number of hydrogen-bond donors (Lipinski definition) is 4. The maximum absolute atomic E-state index is 12.8. The Bertz CT molecular complexity index is 1250. The summed E-state index contributed by atoms with van der Waals surface area (Å²) in [6.07, 6.45) is 0.887. The molecule has 0 radical (unpaired) electrons. The third-order valence-electron chi connectivity index (χ3n) is 6.01. The molecule has 0 aliphatic rings. The van der Waals surface area contributed by atoms with Gasteiger partial charge in [-0.15, -0.1) is 0 Å². The monoisotopic (exact) mass is 497 g/mol. The Balaban J connectivity index is 1.58. The van der Waals surface area contributed by atoms with Crippen molar-refractivity contribution in [2.45, 2.75) is 44.7 Å². The van der Waals surface area contributed by atoms with Gasteiger partial charge in [0.05, 0.1) is 6.04 Å². The second kappa shape index (κ2) is 13.6. The van der Waals surface area contributed by atoms with Gasteiger partial charge >= 0.3 is 0 Å². The van der Waals surface area contributed by atoms with Gasteiger partial charge in [0, 0.05) is 23.1 Å². The molecule has 0 bridgehead atoms. The van der Waals surface area contributed by atoms with Crippen molar-refractivity contribution in [2.75, 3.05) is 0 Å². The van der Waals surface area contributed by atoms with Crippen molar-refractivity contribution < 1.29 is 19.6 Å². The number of hydrogen-bond acceptors (Lipinski definition) is 4. The fourth-order valence-electron chi connectivity index (χ4n) is 3.79. The van der Waals surface area contributed by atoms with Crippen molar-refractivity contribution in [3.8, 4) is 11.8 Å². The van der Waals surface area contributed by atoms with Crippen LogP contribution in [0.3, 0.4) is 0 Å². The van der Waals surface area contributed by atoms with Crippen molar-refractivity contribution in [3.63, 3.8) is 0 Å². The highest BCUT2D eigenvalue weighted by Crippen LogP contribution is 2.20. The summed E-state index contributed by atoms with van der Waals surface area (Å²) in [4.78, 5) is 37.6. The highest BCUT2D eigenvalue weighted by Gasteiger charge is 2.28. The van der Waals surface area contributed by atoms with E-state index >= 15 is 0 Å². The molecule has 0 fully saturated rings. The fourth-order valence-corrected chi connectivity index (χ4v) is 3.79. The molecule has 4 N–H and O–H groups in total. The summed E-state index contributed by atoms with van der Waals surface area (Å²) in [5.41, 5.74) is 4.64. The first-order chi connectivity index (χ1) is 17.9. The predicted octanol–water partition coefficient (Wildman–Crippen LogP) is 3.78. The van der Waals surface area contributed by atoms with Crippen LogP contribution < -0.4 is 16.1 Å². The summed E-state index contributed by atoms with van der Waals surface area (Å²) in [7, 11) is 0. The SMILES string of the molecule is C[C@H](CCC(=O)N[C@H](C)[C@H](NC(=O)c1ccc(C#Cc2ccccc2)cc1)C(=O)NO)c1ccccc1. The molecule has 190 valence electrons. The first kappa shape index (κ1) is 27.2. The van der Waals surface area contributed by atoms with Crippen LogP contribution in [0.25, 0.3) is 0 Å². The minimum Gasteiger partial charge on any atom is -0.351 e. The molecule has 7 nitrogen and oxygen atoms in total. The van der Waals surface area contributed by atoms with Crippen molar-refractivity contribution in [1.82, 2.24) is 16.1 Å². The molecule has 7 heteroatoms. The predicted molar refractivity (Wildman–Crippen MR) is 142 cm³/mol. The Kier molecular flexibility index (Phi) is 10.0. The van der Waals surface area contributed by atoms with E-state index in [2.05, 4.69) is 22.5 Å². The smallest absolute Gasteiger partial charge is 0.268 e. The van der Waals surface area contributed by atoms with Gasteiger partial charge in [0.2, 0.25) is 5.91 Å². The van der Waals surface area contributed by atoms with Crippen LogP contribution in [0.2, 0.25) is 0 Å². The molecule has 0 spiro atoms. The Morgan fingerprint density at radius 3 is 1.95 bits per heavy atom. The quantitative estimate of drug-likeness (QED) is 0.205. The van der Waals surface area contributed by atoms with E-state index in [1.165, 1.54) is 0 Å². The van der Waals surface area contributed by atoms with Gasteiger partial charge in [-0.2, -0.15) is 0 Å². The molecule has 0 unspecified atom stereocenters. The molecule has 3 atom stereocenters. The zero-order valence-corrected chi connectivity index (χ0v) is 20.9. The van der Waals surface area contributed by atoms with Crippen molar-refractivity contribution in [3.05, 3.63) is 107 Å². The lowest BCUT2D eigenvalue weighted by molar-refractivity contribution is -0.132. The summed E-state index contributed by atoms with van der Waals surface area (Å²) in [6.45, 7) is 3.65. The normalized spacial score (nSPS) is 12.7. The van der Waals surface area contributed by atoms with E-state index in [0.717, 1.165) is 16.7 Å². The average molecular weight is 498 g/mol. The lowest BCUT2D eigenvalue weighted by atomic mass is 9.96. The van der Waals surface area contributed by atoms with Crippen LogP contribution in [0.4, 0.5) is 0 Å². The lowest BCUT2D eigenvalue weighted by Gasteiger charge is -2.24. The molecule has 3 rings (SSSR count). The van der Waals surface area contributed by atoms with Gasteiger partial charge in [0.15, 0.2) is 0 Å². The first-order valence-electron chi connectivity index (χ1n) is 12.1. The highest BCUT2D eigenvalue weighted by molar-refractivity contribution is 5.97. The second-order valence-corrected chi connectivity index (χ2v) is 8.83. The minimum atomic E-state index is -1.18. The van der Waals surface area contributed by atoms with Crippen LogP contribution in [0.1, 0.15) is 59.7 Å². The van der Waals surface area contributed by atoms with Crippen molar-refractivity contribution in [1.29, 1.82) is 0 Å². The van der Waals surface area contributed by atoms with E-state index < -0.39 is 23.9 Å². The summed E-state index contributed by atoms with van der Waals surface area (Å²) in [6, 6.07) is 24.1. The molecular formula is C30H31N3O4. The number of rotatable bonds is 9. The van der Waals surface area contributed by atoms with Gasteiger partial charge in [-0.25, -0.2) is 5.48 Å². The second-order valence-electron chi connectivity index (χ2n) is 8.83. The fraction of sp³-hybridized carbons (Fsp3) is 0.233. The summed E-state index contributed by atoms with van der Waals surface area (Å²) in [5, 5.41) is 14.5. The van der Waals surface area contributed by atoms with E-state index in [1.807, 2.05) is 67.6 Å². The number of carbonyl (C=O) groups is 3. The van der Waals surface area contributed by atoms with Crippen LogP contribution in [0.15, 0.2) is 84.9 Å². The van der Waals surface area contributed by atoms with Gasteiger partial charge in [-0.3, -0.25) is 19.6 Å². The molecule has 0 heterocycles. The van der Waals surface area contributed by atoms with Crippen molar-refractivity contribution >= 4 is 17.7 Å². The minimum absolute atomic E-state index is 0.193. The third kappa shape index (κ3) is 8.34. The zero-order valence-electron chi connectivity index (χ0n) is 20.9. The Hall–Kier alpha value is -4.41. The van der Waals surface area contributed by atoms with Gasteiger partial charge in [0.25, 0.3) is 11.8 Å². The Labute approximate surface area is 217 Å². The van der Waals surface area contributed by atoms with Crippen LogP contribution >= 0.6 is 0 Å². The molecule has 3 aromatic carbocycles. The summed E-state index contributed by atoms with van der Waals surface area (Å²) in [5.74, 6) is 4.69. The topological polar surface area (TPSA) is 108 Å². The van der Waals surface area contributed by atoms with Gasteiger partial charge in [0.1, 0.15) is 6.04 Å². The van der Waals surface area contributed by atoms with E-state index in [9.17, 15) is 19.6 Å². The molecular weight excluding hydrogens is 466 g/mol. The molecule has 37 heavy (non-hydrogen) atoms. The van der Waals surface area contributed by atoms with E-state index in [1.54, 1.807) is 36.7 Å². The molecule has 3 amide bonds. The summed E-state index contributed by atoms with van der Waals surface area (Å²) >= 11 is 0. The molecule has 0 aliphatic carbocycles. The molecule has 0 saturated carbocycles. The van der Waals surface area contributed by atoms with E-state index in [4.69, 9.17) is 0 Å². The Morgan fingerprint density at radius 2 is 1.35 bits per heavy atom. The Morgan fingerprint density at radius 1 is 0.784 bits per heavy atom. The van der Waals surface area contributed by atoms with Crippen LogP contribution in [0.5, 0.6) is 0 Å². The van der Waals surface area contributed by atoms with Crippen molar-refractivity contribution in [2.24, 2.45) is 0 Å². The van der Waals surface area contributed by atoms with Crippen LogP contribution in [-0.2, 0) is 9.59 Å². The largest absolute Gasteiger partial charge is 0.351 e. The standard InChI is InChI=1S/C30H31N3O4/c1-21(25-11-7-4-8-12-25)13-20-27(34)31-22(2)28(30(36)33-37)32-29(35)26-18-16-24(17-19-26)15-14-23-9-5-3-6-10-23/h3-12,16-19,21-22,28,37H,13,20H2,1-2H3,(H,31,34)(H,32,35)(H,33,36)/t21-,22-,28+/m1/s1. The van der Waals surface area contributed by atoms with Gasteiger partial charge < -0.3 is 10.6 Å². The van der Waals surface area contributed by atoms with E-state index in [0.29, 0.717) is 12.0 Å². The van der Waals surface area contributed by atoms with E-state index in [-0.39, 0.29) is 18.2 Å². The average Bonchev–Trinajstić information content (AvgIpc) is 2.94. The number of hydroxylamine groups is 1. The molecule has 3 aromatic rings. The zero-order chi connectivity index (χ0) is 26.6. The third-order valence-corrected chi connectivity index (χ3v) is 6.01. The maximum Gasteiger partial charge on any atom is 0.268 e. The number of amides is 3. The highest BCUT2D eigenvalue weighted by atomic mass is 16.5. The number of benzene rings is 3. The van der Waals surface area contributed by atoms with Gasteiger partial charge in [-0.05, 0) is 61.2 Å². The first-order valence-corrected chi connectivity index (χ1v) is 12.1.